The molecule has 1 aromatic carbocycles. The first-order chi connectivity index (χ1) is 9.35. The summed E-state index contributed by atoms with van der Waals surface area (Å²) in [4.78, 5) is 23.3. The molecule has 110 valence electrons. The maximum Gasteiger partial charge on any atom is 0.240 e. The number of hydrogen-bond acceptors (Lipinski definition) is 3. The molecular weight excluding hydrogens is 324 g/mol. The van der Waals surface area contributed by atoms with Crippen LogP contribution in [0.1, 0.15) is 19.4 Å². The molecule has 5 nitrogen and oxygen atoms in total. The summed E-state index contributed by atoms with van der Waals surface area (Å²) in [6.45, 7) is 3.66. The number of ether oxygens (including phenoxy) is 1. The second kappa shape index (κ2) is 7.28. The zero-order valence-electron chi connectivity index (χ0n) is 11.8. The van der Waals surface area contributed by atoms with E-state index in [9.17, 15) is 9.59 Å². The number of halogens is 1. The number of methoxy groups -OCH3 is 1. The molecule has 1 aromatic rings. The van der Waals surface area contributed by atoms with Crippen molar-refractivity contribution in [3.63, 3.8) is 0 Å². The lowest BCUT2D eigenvalue weighted by Crippen LogP contribution is -2.48. The summed E-state index contributed by atoms with van der Waals surface area (Å²) in [5.41, 5.74) is 6.02. The monoisotopic (exact) mass is 342 g/mol. The number of amides is 2. The Hall–Kier alpha value is -1.56. The van der Waals surface area contributed by atoms with Crippen LogP contribution < -0.4 is 15.8 Å². The summed E-state index contributed by atoms with van der Waals surface area (Å²) >= 11 is 3.35. The van der Waals surface area contributed by atoms with Gasteiger partial charge in [-0.1, -0.05) is 29.8 Å². The third-order valence-electron chi connectivity index (χ3n) is 2.88. The van der Waals surface area contributed by atoms with Crippen LogP contribution in [0, 0.1) is 5.92 Å². The number of rotatable bonds is 6. The Labute approximate surface area is 127 Å². The predicted octanol–water partition coefficient (Wildman–Crippen LogP) is 1.63. The van der Waals surface area contributed by atoms with Gasteiger partial charge in [-0.05, 0) is 24.1 Å². The van der Waals surface area contributed by atoms with E-state index in [2.05, 4.69) is 21.2 Å². The lowest BCUT2D eigenvalue weighted by molar-refractivity contribution is -0.128. The molecule has 0 aromatic heterocycles. The Balaban J connectivity index is 2.80. The van der Waals surface area contributed by atoms with Gasteiger partial charge in [-0.3, -0.25) is 9.59 Å². The predicted molar refractivity (Wildman–Crippen MR) is 80.4 cm³/mol. The normalized spacial score (nSPS) is 12.1. The van der Waals surface area contributed by atoms with Gasteiger partial charge in [-0.25, -0.2) is 0 Å². The summed E-state index contributed by atoms with van der Waals surface area (Å²) in [6, 6.07) is 4.76. The van der Waals surface area contributed by atoms with Crippen molar-refractivity contribution >= 4 is 27.7 Å². The average Bonchev–Trinajstić information content (AvgIpc) is 2.35. The lowest BCUT2D eigenvalue weighted by atomic mass is 10.0. The SMILES string of the molecule is COc1ccc(Br)cc1CC(=O)N[C@H](C(N)=O)C(C)C. The van der Waals surface area contributed by atoms with E-state index in [-0.39, 0.29) is 18.2 Å². The quantitative estimate of drug-likeness (QED) is 0.824. The fourth-order valence-corrected chi connectivity index (χ4v) is 2.26. The van der Waals surface area contributed by atoms with Crippen LogP contribution in [0.3, 0.4) is 0 Å². The minimum Gasteiger partial charge on any atom is -0.496 e. The van der Waals surface area contributed by atoms with Gasteiger partial charge in [0.1, 0.15) is 11.8 Å². The third kappa shape index (κ3) is 4.52. The van der Waals surface area contributed by atoms with Crippen molar-refractivity contribution in [2.45, 2.75) is 26.3 Å². The van der Waals surface area contributed by atoms with E-state index in [4.69, 9.17) is 10.5 Å². The summed E-state index contributed by atoms with van der Waals surface area (Å²) in [6.07, 6.45) is 0.124. The van der Waals surface area contributed by atoms with Gasteiger partial charge in [0, 0.05) is 10.0 Å². The molecule has 0 saturated carbocycles. The Morgan fingerprint density at radius 1 is 1.40 bits per heavy atom. The van der Waals surface area contributed by atoms with Crippen molar-refractivity contribution in [3.05, 3.63) is 28.2 Å². The highest BCUT2D eigenvalue weighted by Gasteiger charge is 2.22. The Bertz CT molecular complexity index is 503. The highest BCUT2D eigenvalue weighted by atomic mass is 79.9. The van der Waals surface area contributed by atoms with Crippen molar-refractivity contribution in [3.8, 4) is 5.75 Å². The molecule has 2 amide bonds. The van der Waals surface area contributed by atoms with Gasteiger partial charge < -0.3 is 15.8 Å². The van der Waals surface area contributed by atoms with Crippen molar-refractivity contribution in [2.75, 3.05) is 7.11 Å². The molecule has 0 radical (unpaired) electrons. The summed E-state index contributed by atoms with van der Waals surface area (Å²) in [5.74, 6) is -0.224. The smallest absolute Gasteiger partial charge is 0.240 e. The number of primary amides is 1. The maximum absolute atomic E-state index is 12.0. The Kier molecular flexibility index (Phi) is 6.01. The number of nitrogens with one attached hydrogen (secondary N) is 1. The third-order valence-corrected chi connectivity index (χ3v) is 3.38. The number of nitrogens with two attached hydrogens (primary N) is 1. The molecule has 20 heavy (non-hydrogen) atoms. The molecule has 0 aliphatic heterocycles. The first-order valence-corrected chi connectivity index (χ1v) is 7.05. The highest BCUT2D eigenvalue weighted by molar-refractivity contribution is 9.10. The van der Waals surface area contributed by atoms with Crippen molar-refractivity contribution in [2.24, 2.45) is 11.7 Å². The molecule has 3 N–H and O–H groups in total. The minimum atomic E-state index is -0.666. The standard InChI is InChI=1S/C14H19BrN2O3/c1-8(2)13(14(16)19)17-12(18)7-9-6-10(15)4-5-11(9)20-3/h4-6,8,13H,7H2,1-3H3,(H2,16,19)(H,17,18)/t13-/m0/s1. The molecule has 1 atom stereocenters. The first-order valence-electron chi connectivity index (χ1n) is 6.26. The number of benzene rings is 1. The van der Waals surface area contributed by atoms with Crippen LogP contribution in [0.4, 0.5) is 0 Å². The molecule has 0 aliphatic carbocycles. The zero-order valence-corrected chi connectivity index (χ0v) is 13.4. The fraction of sp³-hybridized carbons (Fsp3) is 0.429. The minimum absolute atomic E-state index is 0.0548. The highest BCUT2D eigenvalue weighted by Crippen LogP contribution is 2.23. The number of carbonyl (C=O) groups is 2. The number of carbonyl (C=O) groups excluding carboxylic acids is 2. The second-order valence-electron chi connectivity index (χ2n) is 4.82. The molecule has 0 bridgehead atoms. The van der Waals surface area contributed by atoms with Gasteiger partial charge in [0.05, 0.1) is 13.5 Å². The molecule has 0 spiro atoms. The molecule has 6 heteroatoms. The summed E-state index contributed by atoms with van der Waals surface area (Å²) in [5, 5.41) is 2.65. The molecular formula is C14H19BrN2O3. The molecule has 0 saturated heterocycles. The summed E-state index contributed by atoms with van der Waals surface area (Å²) < 4.78 is 6.07. The van der Waals surface area contributed by atoms with Crippen molar-refractivity contribution < 1.29 is 14.3 Å². The number of hydrogen-bond donors (Lipinski definition) is 2. The fourth-order valence-electron chi connectivity index (χ4n) is 1.85. The van der Waals surface area contributed by atoms with Crippen LogP contribution in [-0.4, -0.2) is 25.0 Å². The molecule has 0 unspecified atom stereocenters. The first kappa shape index (κ1) is 16.5. The van der Waals surface area contributed by atoms with Gasteiger partial charge >= 0.3 is 0 Å². The van der Waals surface area contributed by atoms with E-state index >= 15 is 0 Å². The maximum atomic E-state index is 12.0. The average molecular weight is 343 g/mol. The van der Waals surface area contributed by atoms with Gasteiger partial charge in [0.15, 0.2) is 0 Å². The van der Waals surface area contributed by atoms with Crippen LogP contribution in [0.15, 0.2) is 22.7 Å². The van der Waals surface area contributed by atoms with E-state index in [1.807, 2.05) is 26.0 Å². The molecule has 1 rings (SSSR count). The topological polar surface area (TPSA) is 81.4 Å². The van der Waals surface area contributed by atoms with Crippen molar-refractivity contribution in [1.29, 1.82) is 0 Å². The summed E-state index contributed by atoms with van der Waals surface area (Å²) in [7, 11) is 1.55. The van der Waals surface area contributed by atoms with E-state index < -0.39 is 11.9 Å². The van der Waals surface area contributed by atoms with Crippen LogP contribution >= 0.6 is 15.9 Å². The second-order valence-corrected chi connectivity index (χ2v) is 5.74. The van der Waals surface area contributed by atoms with Gasteiger partial charge in [0.25, 0.3) is 0 Å². The van der Waals surface area contributed by atoms with Gasteiger partial charge in [-0.2, -0.15) is 0 Å². The van der Waals surface area contributed by atoms with Crippen LogP contribution in [0.2, 0.25) is 0 Å². The van der Waals surface area contributed by atoms with Crippen LogP contribution in [-0.2, 0) is 16.0 Å². The van der Waals surface area contributed by atoms with Crippen LogP contribution in [0.25, 0.3) is 0 Å². The van der Waals surface area contributed by atoms with E-state index in [1.54, 1.807) is 13.2 Å². The Morgan fingerprint density at radius 3 is 2.55 bits per heavy atom. The van der Waals surface area contributed by atoms with Gasteiger partial charge in [0.2, 0.25) is 11.8 Å². The lowest BCUT2D eigenvalue weighted by Gasteiger charge is -2.19. The molecule has 0 fully saturated rings. The van der Waals surface area contributed by atoms with E-state index in [0.717, 1.165) is 10.0 Å². The molecule has 0 aliphatic rings. The van der Waals surface area contributed by atoms with Crippen LogP contribution in [0.5, 0.6) is 5.75 Å². The zero-order chi connectivity index (χ0) is 15.3. The Morgan fingerprint density at radius 2 is 2.05 bits per heavy atom. The van der Waals surface area contributed by atoms with Gasteiger partial charge in [-0.15, -0.1) is 0 Å². The van der Waals surface area contributed by atoms with E-state index in [1.165, 1.54) is 0 Å². The largest absolute Gasteiger partial charge is 0.496 e. The van der Waals surface area contributed by atoms with E-state index in [0.29, 0.717) is 5.75 Å². The molecule has 0 heterocycles. The van der Waals surface area contributed by atoms with Crippen molar-refractivity contribution in [1.82, 2.24) is 5.32 Å².